The van der Waals surface area contributed by atoms with E-state index in [2.05, 4.69) is 5.32 Å². The molecule has 1 aromatic carbocycles. The van der Waals surface area contributed by atoms with Crippen LogP contribution < -0.4 is 5.32 Å². The zero-order chi connectivity index (χ0) is 20.7. The minimum atomic E-state index is -4.33. The van der Waals surface area contributed by atoms with Crippen LogP contribution in [0.2, 0.25) is 0 Å². The molecule has 1 N–H and O–H groups in total. The number of carbonyl (C=O) groups excluding carboxylic acids is 1. The molecule has 27 heavy (non-hydrogen) atoms. The Morgan fingerprint density at radius 3 is 2.22 bits per heavy atom. The molecule has 0 spiro atoms. The highest BCUT2D eigenvalue weighted by Gasteiger charge is 2.31. The maximum Gasteiger partial charge on any atom is 0.416 e. The molecule has 0 aromatic heterocycles. The average molecular weight is 390 g/mol. The maximum absolute atomic E-state index is 12.5. The third-order valence-corrected chi connectivity index (χ3v) is 3.56. The van der Waals surface area contributed by atoms with Crippen molar-refractivity contribution in [3.8, 4) is 0 Å². The number of amides is 1. The van der Waals surface area contributed by atoms with E-state index in [1.54, 1.807) is 25.7 Å². The van der Waals surface area contributed by atoms with Gasteiger partial charge < -0.3 is 19.7 Å². The minimum Gasteiger partial charge on any atom is -0.444 e. The van der Waals surface area contributed by atoms with Crippen LogP contribution in [0, 0.1) is 0 Å². The minimum absolute atomic E-state index is 0.139. The van der Waals surface area contributed by atoms with Crippen LogP contribution in [-0.2, 0) is 22.3 Å². The highest BCUT2D eigenvalue weighted by Crippen LogP contribution is 2.29. The number of ether oxygens (including phenoxy) is 2. The molecule has 0 bridgehead atoms. The van der Waals surface area contributed by atoms with Gasteiger partial charge >= 0.3 is 12.3 Å². The summed E-state index contributed by atoms with van der Waals surface area (Å²) in [6.07, 6.45) is -4.17. The number of hydrogen-bond acceptors (Lipinski definition) is 4. The first-order chi connectivity index (χ1) is 12.5. The number of halogens is 3. The van der Waals surface area contributed by atoms with Gasteiger partial charge in [0.05, 0.1) is 24.8 Å². The summed E-state index contributed by atoms with van der Waals surface area (Å²) in [6.45, 7) is 6.60. The van der Waals surface area contributed by atoms with Gasteiger partial charge in [-0.25, -0.2) is 4.79 Å². The normalized spacial score (nSPS) is 17.3. The van der Waals surface area contributed by atoms with Crippen LogP contribution in [0.4, 0.5) is 18.0 Å². The van der Waals surface area contributed by atoms with E-state index in [0.29, 0.717) is 25.1 Å². The molecule has 1 amide bonds. The first-order valence-corrected chi connectivity index (χ1v) is 8.80. The van der Waals surface area contributed by atoms with Crippen molar-refractivity contribution >= 4 is 6.09 Å². The van der Waals surface area contributed by atoms with E-state index < -0.39 is 17.3 Å². The Balaban J connectivity index is 0.00000114. The van der Waals surface area contributed by atoms with E-state index >= 15 is 0 Å². The number of nitrogens with one attached hydrogen (secondary N) is 1. The highest BCUT2D eigenvalue weighted by molar-refractivity contribution is 5.68. The second-order valence-corrected chi connectivity index (χ2v) is 7.34. The number of nitrogens with zero attached hydrogens (tertiary/aromatic N) is 1. The molecule has 0 saturated carbocycles. The van der Waals surface area contributed by atoms with E-state index in [-0.39, 0.29) is 18.8 Å². The SMILES string of the molecule is CC(C)(C)OC(=O)N1CCC(OCc2ccc(C(F)(F)F)cc2)C1.CNC. The van der Waals surface area contributed by atoms with Gasteiger partial charge in [0, 0.05) is 6.54 Å². The number of hydrogen-bond donors (Lipinski definition) is 1. The lowest BCUT2D eigenvalue weighted by molar-refractivity contribution is -0.137. The van der Waals surface area contributed by atoms with Crippen molar-refractivity contribution in [3.05, 3.63) is 35.4 Å². The summed E-state index contributed by atoms with van der Waals surface area (Å²) in [5.41, 5.74) is -0.557. The van der Waals surface area contributed by atoms with Gasteiger partial charge in [-0.15, -0.1) is 0 Å². The predicted octanol–water partition coefficient (Wildman–Crippen LogP) is 4.07. The Hall–Kier alpha value is -1.80. The van der Waals surface area contributed by atoms with Crippen LogP contribution >= 0.6 is 0 Å². The summed E-state index contributed by atoms with van der Waals surface area (Å²) in [5.74, 6) is 0. The summed E-state index contributed by atoms with van der Waals surface area (Å²) >= 11 is 0. The van der Waals surface area contributed by atoms with E-state index in [0.717, 1.165) is 12.1 Å². The molecule has 1 unspecified atom stereocenters. The molecule has 0 radical (unpaired) electrons. The zero-order valence-electron chi connectivity index (χ0n) is 16.5. The van der Waals surface area contributed by atoms with E-state index in [1.807, 2.05) is 14.1 Å². The lowest BCUT2D eigenvalue weighted by Gasteiger charge is -2.24. The van der Waals surface area contributed by atoms with Gasteiger partial charge in [-0.1, -0.05) is 12.1 Å². The first-order valence-electron chi connectivity index (χ1n) is 8.80. The maximum atomic E-state index is 12.5. The Bertz CT molecular complexity index is 583. The van der Waals surface area contributed by atoms with Gasteiger partial charge in [0.1, 0.15) is 5.60 Å². The van der Waals surface area contributed by atoms with Crippen LogP contribution in [0.1, 0.15) is 38.3 Å². The Morgan fingerprint density at radius 1 is 1.19 bits per heavy atom. The van der Waals surface area contributed by atoms with Gasteiger partial charge in [-0.3, -0.25) is 0 Å². The standard InChI is InChI=1S/C17H22F3NO3.C2H7N/c1-16(2,3)24-15(22)21-9-8-14(10-21)23-11-12-4-6-13(7-5-12)17(18,19)20;1-3-2/h4-7,14H,8-11H2,1-3H3;3H,1-2H3. The first kappa shape index (κ1) is 23.2. The molecule has 1 fully saturated rings. The van der Waals surface area contributed by atoms with Gasteiger partial charge in [0.15, 0.2) is 0 Å². The van der Waals surface area contributed by atoms with Crippen molar-refractivity contribution in [1.82, 2.24) is 10.2 Å². The van der Waals surface area contributed by atoms with E-state index in [4.69, 9.17) is 9.47 Å². The van der Waals surface area contributed by atoms with Crippen molar-refractivity contribution in [2.24, 2.45) is 0 Å². The molecule has 1 heterocycles. The molecule has 1 aliphatic heterocycles. The third-order valence-electron chi connectivity index (χ3n) is 3.56. The molecule has 0 aliphatic carbocycles. The Morgan fingerprint density at radius 2 is 1.74 bits per heavy atom. The molecule has 1 saturated heterocycles. The fourth-order valence-corrected chi connectivity index (χ4v) is 2.36. The molecule has 2 rings (SSSR count). The number of likely N-dealkylation sites (tertiary alicyclic amines) is 1. The topological polar surface area (TPSA) is 50.8 Å². The van der Waals surface area contributed by atoms with Crippen molar-refractivity contribution in [2.45, 2.75) is 51.7 Å². The summed E-state index contributed by atoms with van der Waals surface area (Å²) < 4.78 is 48.5. The highest BCUT2D eigenvalue weighted by atomic mass is 19.4. The molecular weight excluding hydrogens is 361 g/mol. The summed E-state index contributed by atoms with van der Waals surface area (Å²) in [4.78, 5) is 13.5. The van der Waals surface area contributed by atoms with Crippen molar-refractivity contribution in [2.75, 3.05) is 27.2 Å². The Kier molecular flexibility index (Phi) is 8.56. The number of carbonyl (C=O) groups is 1. The second kappa shape index (κ2) is 9.94. The molecule has 5 nitrogen and oxygen atoms in total. The second-order valence-electron chi connectivity index (χ2n) is 7.34. The van der Waals surface area contributed by atoms with Crippen molar-refractivity contribution in [3.63, 3.8) is 0 Å². The van der Waals surface area contributed by atoms with Crippen LogP contribution in [-0.4, -0.2) is 49.9 Å². The molecule has 1 aromatic rings. The smallest absolute Gasteiger partial charge is 0.416 e. The van der Waals surface area contributed by atoms with Crippen LogP contribution in [0.15, 0.2) is 24.3 Å². The lowest BCUT2D eigenvalue weighted by atomic mass is 10.1. The Labute approximate surface area is 158 Å². The van der Waals surface area contributed by atoms with Crippen molar-refractivity contribution in [1.29, 1.82) is 0 Å². The zero-order valence-corrected chi connectivity index (χ0v) is 16.5. The third kappa shape index (κ3) is 8.62. The average Bonchev–Trinajstić information content (AvgIpc) is 3.01. The predicted molar refractivity (Wildman–Crippen MR) is 97.4 cm³/mol. The van der Waals surface area contributed by atoms with Crippen LogP contribution in [0.5, 0.6) is 0 Å². The van der Waals surface area contributed by atoms with Gasteiger partial charge in [0.25, 0.3) is 0 Å². The van der Waals surface area contributed by atoms with Gasteiger partial charge in [-0.2, -0.15) is 13.2 Å². The molecule has 154 valence electrons. The van der Waals surface area contributed by atoms with E-state index in [1.165, 1.54) is 12.1 Å². The summed E-state index contributed by atoms with van der Waals surface area (Å²) in [5, 5.41) is 2.75. The van der Waals surface area contributed by atoms with Gasteiger partial charge in [0.2, 0.25) is 0 Å². The largest absolute Gasteiger partial charge is 0.444 e. The van der Waals surface area contributed by atoms with Crippen LogP contribution in [0.25, 0.3) is 0 Å². The van der Waals surface area contributed by atoms with Crippen molar-refractivity contribution < 1.29 is 27.4 Å². The monoisotopic (exact) mass is 390 g/mol. The number of alkyl halides is 3. The molecule has 1 atom stereocenters. The quantitative estimate of drug-likeness (QED) is 0.845. The van der Waals surface area contributed by atoms with E-state index in [9.17, 15) is 18.0 Å². The fraction of sp³-hybridized carbons (Fsp3) is 0.632. The molecule has 1 aliphatic rings. The molecule has 8 heteroatoms. The fourth-order valence-electron chi connectivity index (χ4n) is 2.36. The lowest BCUT2D eigenvalue weighted by Crippen LogP contribution is -2.36. The number of benzene rings is 1. The van der Waals surface area contributed by atoms with Crippen LogP contribution in [0.3, 0.4) is 0 Å². The summed E-state index contributed by atoms with van der Waals surface area (Å²) in [6, 6.07) is 4.90. The molecular formula is C19H29F3N2O3. The van der Waals surface area contributed by atoms with Gasteiger partial charge in [-0.05, 0) is 59.0 Å². The number of rotatable bonds is 3. The summed E-state index contributed by atoms with van der Waals surface area (Å²) in [7, 11) is 3.75.